The molecule has 2 aromatic rings. The van der Waals surface area contributed by atoms with E-state index in [2.05, 4.69) is 53.0 Å². The third-order valence-corrected chi connectivity index (χ3v) is 4.31. The van der Waals surface area contributed by atoms with E-state index >= 15 is 0 Å². The fourth-order valence-corrected chi connectivity index (χ4v) is 2.97. The number of hydrazone groups is 1. The van der Waals surface area contributed by atoms with E-state index in [-0.39, 0.29) is 0 Å². The van der Waals surface area contributed by atoms with E-state index in [9.17, 15) is 4.79 Å². The van der Waals surface area contributed by atoms with E-state index in [0.717, 1.165) is 37.0 Å². The maximum Gasteiger partial charge on any atom is 0.332 e. The van der Waals surface area contributed by atoms with Gasteiger partial charge in [-0.05, 0) is 60.9 Å². The Hall–Kier alpha value is -2.62. The van der Waals surface area contributed by atoms with Crippen LogP contribution in [0, 0.1) is 0 Å². The third-order valence-electron chi connectivity index (χ3n) is 4.31. The fraction of sp³-hybridized carbons (Fsp3) is 0.263. The van der Waals surface area contributed by atoms with Gasteiger partial charge in [-0.2, -0.15) is 5.10 Å². The van der Waals surface area contributed by atoms with Gasteiger partial charge in [-0.3, -0.25) is 0 Å². The van der Waals surface area contributed by atoms with Crippen LogP contribution in [0.15, 0.2) is 47.6 Å². The van der Waals surface area contributed by atoms with E-state index in [4.69, 9.17) is 5.73 Å². The van der Waals surface area contributed by atoms with Gasteiger partial charge in [-0.25, -0.2) is 10.2 Å². The zero-order valence-corrected chi connectivity index (χ0v) is 13.3. The summed E-state index contributed by atoms with van der Waals surface area (Å²) in [5.41, 5.74) is 14.5. The summed E-state index contributed by atoms with van der Waals surface area (Å²) in [6.45, 7) is 1.90. The number of nitrogens with one attached hydrogen (secondary N) is 1. The average molecular weight is 307 g/mol. The molecule has 118 valence electrons. The second kappa shape index (κ2) is 6.65. The monoisotopic (exact) mass is 307 g/mol. The highest BCUT2D eigenvalue weighted by Crippen LogP contribution is 2.20. The second-order valence-corrected chi connectivity index (χ2v) is 5.98. The van der Waals surface area contributed by atoms with Crippen LogP contribution in [0.3, 0.4) is 0 Å². The van der Waals surface area contributed by atoms with Crippen LogP contribution in [0.4, 0.5) is 4.79 Å². The van der Waals surface area contributed by atoms with Crippen molar-refractivity contribution in [2.45, 2.75) is 32.6 Å². The molecule has 4 aliphatic carbocycles. The molecule has 0 aliphatic heterocycles. The van der Waals surface area contributed by atoms with Crippen LogP contribution in [0.25, 0.3) is 0 Å². The van der Waals surface area contributed by atoms with Crippen molar-refractivity contribution in [1.29, 1.82) is 0 Å². The molecule has 2 amide bonds. The maximum atomic E-state index is 10.9. The lowest BCUT2D eigenvalue weighted by molar-refractivity contribution is 0.249. The lowest BCUT2D eigenvalue weighted by Crippen LogP contribution is -2.25. The van der Waals surface area contributed by atoms with Gasteiger partial charge in [0, 0.05) is 5.56 Å². The van der Waals surface area contributed by atoms with Crippen LogP contribution in [0.1, 0.15) is 34.7 Å². The largest absolute Gasteiger partial charge is 0.350 e. The van der Waals surface area contributed by atoms with Gasteiger partial charge >= 0.3 is 6.03 Å². The fourth-order valence-electron chi connectivity index (χ4n) is 2.97. The number of nitrogens with two attached hydrogens (primary N) is 1. The van der Waals surface area contributed by atoms with Crippen molar-refractivity contribution in [2.75, 3.05) is 0 Å². The van der Waals surface area contributed by atoms with Gasteiger partial charge in [0.25, 0.3) is 0 Å². The van der Waals surface area contributed by atoms with Gasteiger partial charge < -0.3 is 5.73 Å². The Morgan fingerprint density at radius 2 is 1.52 bits per heavy atom. The molecular weight excluding hydrogens is 286 g/mol. The number of benzene rings is 2. The molecule has 0 saturated heterocycles. The third kappa shape index (κ3) is 3.77. The standard InChI is InChI=1S/C19H21N3O/c1-13(21-22-19(20)23)18-12-16-7-6-14-2-4-15(5-3-14)8-10-17(18)11-9-16/h2-5,9,11-12H,6-8,10H2,1H3,(H3,20,22,23)/b21-13+. The van der Waals surface area contributed by atoms with Gasteiger partial charge in [0.15, 0.2) is 0 Å². The Morgan fingerprint density at radius 3 is 2.17 bits per heavy atom. The number of carbonyl (C=O) groups is 1. The van der Waals surface area contributed by atoms with Crippen molar-refractivity contribution in [3.63, 3.8) is 0 Å². The molecule has 6 rings (SSSR count). The van der Waals surface area contributed by atoms with E-state index in [1.54, 1.807) is 0 Å². The Labute approximate surface area is 136 Å². The van der Waals surface area contributed by atoms with Crippen LogP contribution in [0.5, 0.6) is 0 Å². The smallest absolute Gasteiger partial charge is 0.332 e. The van der Waals surface area contributed by atoms with Gasteiger partial charge in [0.1, 0.15) is 0 Å². The number of urea groups is 1. The molecule has 4 bridgehead atoms. The summed E-state index contributed by atoms with van der Waals surface area (Å²) >= 11 is 0. The molecule has 0 saturated carbocycles. The second-order valence-electron chi connectivity index (χ2n) is 5.98. The van der Waals surface area contributed by atoms with Crippen LogP contribution in [0.2, 0.25) is 0 Å². The molecule has 0 fully saturated rings. The normalized spacial score (nSPS) is 14.2. The summed E-state index contributed by atoms with van der Waals surface area (Å²) in [5, 5.41) is 4.10. The minimum Gasteiger partial charge on any atom is -0.350 e. The molecule has 23 heavy (non-hydrogen) atoms. The minimum atomic E-state index is -0.643. The number of carbonyl (C=O) groups excluding carboxylic acids is 1. The van der Waals surface area contributed by atoms with Crippen LogP contribution >= 0.6 is 0 Å². The van der Waals surface area contributed by atoms with Gasteiger partial charge in [0.2, 0.25) is 0 Å². The van der Waals surface area contributed by atoms with Gasteiger partial charge in [0.05, 0.1) is 5.71 Å². The van der Waals surface area contributed by atoms with Crippen molar-refractivity contribution >= 4 is 11.7 Å². The van der Waals surface area contributed by atoms with Gasteiger partial charge in [-0.15, -0.1) is 0 Å². The number of aryl methyl sites for hydroxylation is 4. The molecule has 2 aromatic carbocycles. The summed E-state index contributed by atoms with van der Waals surface area (Å²) in [6.07, 6.45) is 3.94. The first-order valence-electron chi connectivity index (χ1n) is 7.91. The lowest BCUT2D eigenvalue weighted by atomic mass is 9.92. The number of primary amides is 1. The highest BCUT2D eigenvalue weighted by molar-refractivity contribution is 6.00. The Bertz CT molecular complexity index is 748. The summed E-state index contributed by atoms with van der Waals surface area (Å²) < 4.78 is 0. The molecule has 3 N–H and O–H groups in total. The molecule has 0 heterocycles. The zero-order chi connectivity index (χ0) is 16.2. The Kier molecular flexibility index (Phi) is 4.42. The first kappa shape index (κ1) is 15.3. The molecule has 0 atom stereocenters. The SMILES string of the molecule is C/C(=N\NC(N)=O)c1cc2ccc1CCc1ccc(cc1)CC2. The number of hydrogen-bond donors (Lipinski definition) is 2. The Balaban J connectivity index is 1.96. The average Bonchev–Trinajstić information content (AvgIpc) is 2.55. The summed E-state index contributed by atoms with van der Waals surface area (Å²) in [5.74, 6) is 0. The molecule has 0 aromatic heterocycles. The lowest BCUT2D eigenvalue weighted by Gasteiger charge is -2.14. The molecule has 4 aliphatic rings. The van der Waals surface area contributed by atoms with Crippen LogP contribution in [-0.2, 0) is 25.7 Å². The van der Waals surface area contributed by atoms with Crippen molar-refractivity contribution in [3.05, 3.63) is 70.3 Å². The summed E-state index contributed by atoms with van der Waals surface area (Å²) in [6, 6.07) is 14.8. The van der Waals surface area contributed by atoms with Crippen molar-refractivity contribution in [1.82, 2.24) is 5.43 Å². The number of rotatable bonds is 2. The van der Waals surface area contributed by atoms with E-state index in [1.165, 1.54) is 22.3 Å². The van der Waals surface area contributed by atoms with E-state index in [1.807, 2.05) is 6.92 Å². The first-order valence-corrected chi connectivity index (χ1v) is 7.91. The molecular formula is C19H21N3O. The molecule has 4 heteroatoms. The predicted molar refractivity (Wildman–Crippen MR) is 92.6 cm³/mol. The number of nitrogens with zero attached hydrogens (tertiary/aromatic N) is 1. The molecule has 0 radical (unpaired) electrons. The van der Waals surface area contributed by atoms with Crippen LogP contribution in [-0.4, -0.2) is 11.7 Å². The molecule has 0 spiro atoms. The predicted octanol–water partition coefficient (Wildman–Crippen LogP) is 2.96. The zero-order valence-electron chi connectivity index (χ0n) is 13.3. The van der Waals surface area contributed by atoms with Crippen molar-refractivity contribution < 1.29 is 4.79 Å². The Morgan fingerprint density at radius 1 is 0.957 bits per heavy atom. The topological polar surface area (TPSA) is 67.5 Å². The van der Waals surface area contributed by atoms with Crippen molar-refractivity contribution in [3.8, 4) is 0 Å². The number of hydrogen-bond acceptors (Lipinski definition) is 2. The van der Waals surface area contributed by atoms with E-state index in [0.29, 0.717) is 0 Å². The first-order chi connectivity index (χ1) is 11.1. The van der Waals surface area contributed by atoms with Crippen molar-refractivity contribution in [2.24, 2.45) is 10.8 Å². The highest BCUT2D eigenvalue weighted by Gasteiger charge is 2.10. The van der Waals surface area contributed by atoms with E-state index < -0.39 is 6.03 Å². The molecule has 0 unspecified atom stereocenters. The maximum absolute atomic E-state index is 10.9. The molecule has 4 nitrogen and oxygen atoms in total. The summed E-state index contributed by atoms with van der Waals surface area (Å²) in [7, 11) is 0. The highest BCUT2D eigenvalue weighted by atomic mass is 16.2. The quantitative estimate of drug-likeness (QED) is 0.650. The number of amides is 2. The van der Waals surface area contributed by atoms with Gasteiger partial charge in [-0.1, -0.05) is 36.4 Å². The van der Waals surface area contributed by atoms with Crippen LogP contribution < -0.4 is 11.2 Å². The summed E-state index contributed by atoms with van der Waals surface area (Å²) in [4.78, 5) is 10.9. The minimum absolute atomic E-state index is 0.643.